The molecule has 1 saturated carbocycles. The minimum atomic E-state index is -0.829. The Balaban J connectivity index is 1.38. The summed E-state index contributed by atoms with van der Waals surface area (Å²) in [6, 6.07) is 32.3. The summed E-state index contributed by atoms with van der Waals surface area (Å²) in [5, 5.41) is 5.23. The predicted molar refractivity (Wildman–Crippen MR) is 189 cm³/mol. The Hall–Kier alpha value is -4.75. The van der Waals surface area contributed by atoms with Gasteiger partial charge in [0.2, 0.25) is 17.7 Å². The van der Waals surface area contributed by atoms with Crippen LogP contribution in [0.4, 0.5) is 0 Å². The maximum Gasteiger partial charge on any atom is 0.246 e. The highest BCUT2D eigenvalue weighted by molar-refractivity contribution is 5.95. The molecule has 47 heavy (non-hydrogen) atoms. The molecule has 0 spiro atoms. The average molecular weight is 631 g/mol. The van der Waals surface area contributed by atoms with Gasteiger partial charge in [-0.2, -0.15) is 0 Å². The van der Waals surface area contributed by atoms with Crippen LogP contribution in [-0.4, -0.2) is 65.8 Å². The summed E-state index contributed by atoms with van der Waals surface area (Å²) in [5.41, 5.74) is 9.14. The number of carbonyl (C=O) groups is 3. The summed E-state index contributed by atoms with van der Waals surface area (Å²) in [4.78, 5) is 44.8. The van der Waals surface area contributed by atoms with Gasteiger partial charge in [-0.15, -0.1) is 0 Å². The third-order valence-electron chi connectivity index (χ3n) is 9.42. The standard InChI is InChI=1S/C40H46N4O3/c1-43(37(45)19-11-23-40(41)24-12-25-40)36(29-32-20-21-33-17-9-10-18-34(33)27-32)39(47)44(2)35(28-31-15-7-4-8-16-31)38(46)42-26-22-30-13-5-3-6-14-30/h3-11,13-21,27,35-36H,12,22-26,28-29,41H2,1-2H3,(H,42,46)/b19-11+. The molecular formula is C40H46N4O3. The smallest absolute Gasteiger partial charge is 0.246 e. The van der Waals surface area contributed by atoms with Crippen LogP contribution in [0, 0.1) is 0 Å². The van der Waals surface area contributed by atoms with Gasteiger partial charge in [-0.25, -0.2) is 0 Å². The quantitative estimate of drug-likeness (QED) is 0.181. The fraction of sp³-hybridized carbons (Fsp3) is 0.325. The predicted octanol–water partition coefficient (Wildman–Crippen LogP) is 5.47. The minimum Gasteiger partial charge on any atom is -0.354 e. The lowest BCUT2D eigenvalue weighted by molar-refractivity contribution is -0.146. The van der Waals surface area contributed by atoms with Crippen LogP contribution in [0.5, 0.6) is 0 Å². The molecule has 7 heteroatoms. The molecule has 5 rings (SSSR count). The lowest BCUT2D eigenvalue weighted by Gasteiger charge is -2.37. The number of likely N-dealkylation sites (N-methyl/N-ethyl adjacent to an activating group) is 2. The Morgan fingerprint density at radius 1 is 0.766 bits per heavy atom. The zero-order chi connectivity index (χ0) is 33.2. The van der Waals surface area contributed by atoms with Gasteiger partial charge in [0.05, 0.1) is 0 Å². The van der Waals surface area contributed by atoms with Crippen molar-refractivity contribution in [3.63, 3.8) is 0 Å². The second-order valence-electron chi connectivity index (χ2n) is 12.9. The Kier molecular flexibility index (Phi) is 11.2. The molecule has 2 unspecified atom stereocenters. The van der Waals surface area contributed by atoms with Crippen molar-refractivity contribution in [2.75, 3.05) is 20.6 Å². The number of fused-ring (bicyclic) bond motifs is 1. The van der Waals surface area contributed by atoms with Gasteiger partial charge < -0.3 is 20.9 Å². The second kappa shape index (κ2) is 15.7. The number of nitrogens with one attached hydrogen (secondary N) is 1. The van der Waals surface area contributed by atoms with Crippen molar-refractivity contribution in [3.05, 3.63) is 132 Å². The largest absolute Gasteiger partial charge is 0.354 e. The van der Waals surface area contributed by atoms with Crippen molar-refractivity contribution in [3.8, 4) is 0 Å². The van der Waals surface area contributed by atoms with Crippen molar-refractivity contribution < 1.29 is 14.4 Å². The molecule has 3 amide bonds. The van der Waals surface area contributed by atoms with Crippen LogP contribution in [0.3, 0.4) is 0 Å². The highest BCUT2D eigenvalue weighted by Crippen LogP contribution is 2.32. The third-order valence-corrected chi connectivity index (χ3v) is 9.42. The maximum absolute atomic E-state index is 14.5. The van der Waals surface area contributed by atoms with Gasteiger partial charge in [0, 0.05) is 39.0 Å². The summed E-state index contributed by atoms with van der Waals surface area (Å²) in [5.74, 6) is -0.795. The van der Waals surface area contributed by atoms with Crippen LogP contribution in [0.25, 0.3) is 10.8 Å². The fourth-order valence-corrected chi connectivity index (χ4v) is 6.20. The Labute approximate surface area is 278 Å². The molecule has 0 saturated heterocycles. The number of rotatable bonds is 14. The molecule has 1 aliphatic carbocycles. The van der Waals surface area contributed by atoms with Crippen LogP contribution < -0.4 is 11.1 Å². The van der Waals surface area contributed by atoms with Gasteiger partial charge in [-0.3, -0.25) is 14.4 Å². The normalized spacial score (nSPS) is 15.0. The first-order chi connectivity index (χ1) is 22.7. The van der Waals surface area contributed by atoms with Gasteiger partial charge in [-0.05, 0) is 65.6 Å². The summed E-state index contributed by atoms with van der Waals surface area (Å²) in [6.45, 7) is 0.447. The molecule has 0 aromatic heterocycles. The van der Waals surface area contributed by atoms with Gasteiger partial charge >= 0.3 is 0 Å². The SMILES string of the molecule is CN(C(=O)/C=C/CC1(N)CCC1)C(Cc1ccc2ccccc2c1)C(=O)N(C)C(Cc1ccccc1)C(=O)NCCc1ccccc1. The molecule has 4 aromatic rings. The van der Waals surface area contributed by atoms with Crippen LogP contribution in [0.15, 0.2) is 115 Å². The van der Waals surface area contributed by atoms with Crippen LogP contribution in [-0.2, 0) is 33.6 Å². The number of nitrogens with two attached hydrogens (primary N) is 1. The summed E-state index contributed by atoms with van der Waals surface area (Å²) >= 11 is 0. The van der Waals surface area contributed by atoms with E-state index in [1.807, 2.05) is 103 Å². The Morgan fingerprint density at radius 3 is 2.04 bits per heavy atom. The number of carbonyl (C=O) groups excluding carboxylic acids is 3. The van der Waals surface area contributed by atoms with E-state index in [1.165, 1.54) is 15.9 Å². The highest BCUT2D eigenvalue weighted by Gasteiger charge is 2.35. The maximum atomic E-state index is 14.5. The molecule has 7 nitrogen and oxygen atoms in total. The molecular weight excluding hydrogens is 584 g/mol. The summed E-state index contributed by atoms with van der Waals surface area (Å²) < 4.78 is 0. The van der Waals surface area contributed by atoms with Crippen LogP contribution >= 0.6 is 0 Å². The molecule has 3 N–H and O–H groups in total. The van der Waals surface area contributed by atoms with E-state index in [0.29, 0.717) is 32.2 Å². The number of benzene rings is 4. The molecule has 0 bridgehead atoms. The zero-order valence-corrected chi connectivity index (χ0v) is 27.5. The Bertz CT molecular complexity index is 1680. The number of hydrogen-bond donors (Lipinski definition) is 2. The van der Waals surface area contributed by atoms with E-state index in [9.17, 15) is 14.4 Å². The van der Waals surface area contributed by atoms with Gasteiger partial charge in [-0.1, -0.05) is 109 Å². The molecule has 1 aliphatic rings. The van der Waals surface area contributed by atoms with E-state index in [2.05, 4.69) is 11.4 Å². The van der Waals surface area contributed by atoms with E-state index >= 15 is 0 Å². The van der Waals surface area contributed by atoms with Crippen molar-refractivity contribution in [1.29, 1.82) is 0 Å². The number of nitrogens with zero attached hydrogens (tertiary/aromatic N) is 2. The van der Waals surface area contributed by atoms with E-state index in [0.717, 1.165) is 46.7 Å². The first-order valence-electron chi connectivity index (χ1n) is 16.5. The first-order valence-corrected chi connectivity index (χ1v) is 16.5. The van der Waals surface area contributed by atoms with Gasteiger partial charge in [0.15, 0.2) is 0 Å². The van der Waals surface area contributed by atoms with E-state index < -0.39 is 12.1 Å². The number of hydrogen-bond acceptors (Lipinski definition) is 4. The molecule has 1 fully saturated rings. The van der Waals surface area contributed by atoms with Crippen LogP contribution in [0.1, 0.15) is 42.4 Å². The van der Waals surface area contributed by atoms with Gasteiger partial charge in [0.25, 0.3) is 0 Å². The summed E-state index contributed by atoms with van der Waals surface area (Å²) in [6.07, 6.45) is 8.33. The van der Waals surface area contributed by atoms with Crippen LogP contribution in [0.2, 0.25) is 0 Å². The minimum absolute atomic E-state index is 0.229. The second-order valence-corrected chi connectivity index (χ2v) is 12.9. The van der Waals surface area contributed by atoms with Crippen molar-refractivity contribution in [1.82, 2.24) is 15.1 Å². The van der Waals surface area contributed by atoms with Crippen molar-refractivity contribution in [2.24, 2.45) is 5.73 Å². The molecule has 4 aromatic carbocycles. The van der Waals surface area contributed by atoms with Crippen molar-refractivity contribution >= 4 is 28.5 Å². The fourth-order valence-electron chi connectivity index (χ4n) is 6.20. The van der Waals surface area contributed by atoms with E-state index in [4.69, 9.17) is 5.73 Å². The highest BCUT2D eigenvalue weighted by atomic mass is 16.2. The summed E-state index contributed by atoms with van der Waals surface area (Å²) in [7, 11) is 3.33. The van der Waals surface area contributed by atoms with Crippen molar-refractivity contribution in [2.45, 2.75) is 62.6 Å². The van der Waals surface area contributed by atoms with E-state index in [1.54, 1.807) is 14.1 Å². The lowest BCUT2D eigenvalue weighted by atomic mass is 9.75. The molecule has 0 aliphatic heterocycles. The third kappa shape index (κ3) is 8.95. The number of amides is 3. The monoisotopic (exact) mass is 630 g/mol. The Morgan fingerprint density at radius 2 is 1.38 bits per heavy atom. The first kappa shape index (κ1) is 33.6. The molecule has 0 heterocycles. The molecule has 2 atom stereocenters. The molecule has 244 valence electrons. The zero-order valence-electron chi connectivity index (χ0n) is 27.5. The van der Waals surface area contributed by atoms with Gasteiger partial charge in [0.1, 0.15) is 12.1 Å². The van der Waals surface area contributed by atoms with E-state index in [-0.39, 0.29) is 23.3 Å². The topological polar surface area (TPSA) is 95.7 Å². The average Bonchev–Trinajstić information content (AvgIpc) is 3.08. The lowest BCUT2D eigenvalue weighted by Crippen LogP contribution is -2.56. The molecule has 0 radical (unpaired) electrons.